The van der Waals surface area contributed by atoms with E-state index >= 15 is 0 Å². The molecule has 1 aliphatic heterocycles. The number of benzene rings is 2. The normalized spacial score (nSPS) is 17.6. The summed E-state index contributed by atoms with van der Waals surface area (Å²) in [4.78, 5) is 31.1. The van der Waals surface area contributed by atoms with Crippen molar-refractivity contribution in [2.24, 2.45) is 0 Å². The molecule has 0 saturated carbocycles. The van der Waals surface area contributed by atoms with E-state index in [1.807, 2.05) is 0 Å². The van der Waals surface area contributed by atoms with E-state index in [0.717, 1.165) is 29.2 Å². The molecule has 2 aromatic carbocycles. The van der Waals surface area contributed by atoms with Crippen molar-refractivity contribution in [3.8, 4) is 5.75 Å². The van der Waals surface area contributed by atoms with E-state index in [0.29, 0.717) is 5.56 Å². The highest BCUT2D eigenvalue weighted by Gasteiger charge is 2.46. The molecule has 0 aliphatic carbocycles. The zero-order valence-corrected chi connectivity index (χ0v) is 18.2. The summed E-state index contributed by atoms with van der Waals surface area (Å²) < 4.78 is 58.7. The molecule has 1 aromatic heterocycles. The third-order valence-electron chi connectivity index (χ3n) is 5.59. The van der Waals surface area contributed by atoms with E-state index in [-0.39, 0.29) is 29.0 Å². The minimum absolute atomic E-state index is 0.0569. The lowest BCUT2D eigenvalue weighted by Crippen LogP contribution is -2.29. The Hall–Kier alpha value is -4.21. The molecule has 180 valence electrons. The number of aromatic nitrogens is 1. The Bertz CT molecular complexity index is 1320. The number of ether oxygens (including phenoxy) is 1. The average Bonchev–Trinajstić information content (AvgIpc) is 3.08. The molecule has 0 radical (unpaired) electrons. The smallest absolute Gasteiger partial charge is 0.416 e. The average molecular weight is 486 g/mol. The monoisotopic (exact) mass is 486 g/mol. The number of carbonyl (C=O) groups excluding carboxylic acids is 2. The Labute approximate surface area is 197 Å². The molecule has 1 N–H and O–H groups in total. The maximum absolute atomic E-state index is 14.0. The number of aliphatic hydroxyl groups is 1. The molecular weight excluding hydrogens is 468 g/mol. The Morgan fingerprint density at radius 2 is 1.80 bits per heavy atom. The van der Waals surface area contributed by atoms with Crippen molar-refractivity contribution in [3.05, 3.63) is 101 Å². The molecule has 6 nitrogen and oxygen atoms in total. The molecule has 4 rings (SSSR count). The number of alkyl halides is 3. The molecule has 10 heteroatoms. The van der Waals surface area contributed by atoms with Gasteiger partial charge in [0.2, 0.25) is 0 Å². The van der Waals surface area contributed by atoms with Gasteiger partial charge in [0, 0.05) is 18.9 Å². The van der Waals surface area contributed by atoms with Crippen molar-refractivity contribution in [1.82, 2.24) is 9.88 Å². The number of rotatable bonds is 5. The zero-order chi connectivity index (χ0) is 25.3. The van der Waals surface area contributed by atoms with E-state index in [4.69, 9.17) is 4.74 Å². The second kappa shape index (κ2) is 9.21. The summed E-state index contributed by atoms with van der Waals surface area (Å²) >= 11 is 0. The van der Waals surface area contributed by atoms with Crippen LogP contribution in [0.2, 0.25) is 0 Å². The molecule has 3 aromatic rings. The molecule has 1 aliphatic rings. The molecule has 2 heterocycles. The highest BCUT2D eigenvalue weighted by molar-refractivity contribution is 6.46. The van der Waals surface area contributed by atoms with Gasteiger partial charge in [-0.25, -0.2) is 4.39 Å². The van der Waals surface area contributed by atoms with Crippen LogP contribution in [0.25, 0.3) is 5.76 Å². The molecule has 1 unspecified atom stereocenters. The summed E-state index contributed by atoms with van der Waals surface area (Å²) in [6, 6.07) is 9.54. The standard InChI is InChI=1S/C25H18F4N2O4/c1-35-19-6-5-17(26)12-18(19)22(32)20-21(15-7-9-30-10-8-15)31(24(34)23(20)33)13-14-3-2-4-16(11-14)25(27,28)29/h2-12,21,32H,13H2,1H3/b22-20+. The predicted molar refractivity (Wildman–Crippen MR) is 116 cm³/mol. The number of halogens is 4. The zero-order valence-electron chi connectivity index (χ0n) is 18.2. The van der Waals surface area contributed by atoms with Gasteiger partial charge in [0.15, 0.2) is 0 Å². The topological polar surface area (TPSA) is 79.7 Å². The van der Waals surface area contributed by atoms with Crippen LogP contribution in [0.15, 0.2) is 72.6 Å². The van der Waals surface area contributed by atoms with Crippen LogP contribution < -0.4 is 4.74 Å². The van der Waals surface area contributed by atoms with E-state index in [9.17, 15) is 32.3 Å². The maximum Gasteiger partial charge on any atom is 0.416 e. The van der Waals surface area contributed by atoms with Gasteiger partial charge in [0.25, 0.3) is 11.7 Å². The van der Waals surface area contributed by atoms with Gasteiger partial charge in [-0.15, -0.1) is 0 Å². The number of aliphatic hydroxyl groups excluding tert-OH is 1. The van der Waals surface area contributed by atoms with Crippen LogP contribution >= 0.6 is 0 Å². The second-order valence-electron chi connectivity index (χ2n) is 7.75. The molecule has 1 saturated heterocycles. The lowest BCUT2D eigenvalue weighted by Gasteiger charge is -2.25. The van der Waals surface area contributed by atoms with Crippen molar-refractivity contribution in [3.63, 3.8) is 0 Å². The lowest BCUT2D eigenvalue weighted by atomic mass is 9.95. The number of pyridine rings is 1. The largest absolute Gasteiger partial charge is 0.507 e. The second-order valence-corrected chi connectivity index (χ2v) is 7.75. The van der Waals surface area contributed by atoms with Crippen LogP contribution in [0.1, 0.15) is 28.3 Å². The number of likely N-dealkylation sites (tertiary alicyclic amines) is 1. The molecule has 1 fully saturated rings. The number of Topliss-reactive ketones (excluding diaryl/α,β-unsaturated/α-hetero) is 1. The predicted octanol–water partition coefficient (Wildman–Crippen LogP) is 4.87. The minimum atomic E-state index is -4.59. The van der Waals surface area contributed by atoms with E-state index in [1.54, 1.807) is 0 Å². The first-order valence-electron chi connectivity index (χ1n) is 10.3. The van der Waals surface area contributed by atoms with Crippen LogP contribution in [0, 0.1) is 5.82 Å². The molecular formula is C25H18F4N2O4. The third kappa shape index (κ3) is 4.59. The number of nitrogens with zero attached hydrogens (tertiary/aromatic N) is 2. The Morgan fingerprint density at radius 1 is 1.09 bits per heavy atom. The van der Waals surface area contributed by atoms with Crippen LogP contribution in [0.5, 0.6) is 5.75 Å². The number of hydrogen-bond donors (Lipinski definition) is 1. The summed E-state index contributed by atoms with van der Waals surface area (Å²) in [7, 11) is 1.29. The third-order valence-corrected chi connectivity index (χ3v) is 5.59. The van der Waals surface area contributed by atoms with Crippen molar-refractivity contribution in [2.45, 2.75) is 18.8 Å². The molecule has 0 spiro atoms. The molecule has 0 bridgehead atoms. The van der Waals surface area contributed by atoms with Crippen molar-refractivity contribution in [2.75, 3.05) is 7.11 Å². The van der Waals surface area contributed by atoms with E-state index in [2.05, 4.69) is 4.98 Å². The fourth-order valence-corrected chi connectivity index (χ4v) is 3.99. The lowest BCUT2D eigenvalue weighted by molar-refractivity contribution is -0.140. The minimum Gasteiger partial charge on any atom is -0.507 e. The van der Waals surface area contributed by atoms with E-state index in [1.165, 1.54) is 49.8 Å². The number of ketones is 1. The SMILES string of the molecule is COc1ccc(F)cc1/C(O)=C1\C(=O)C(=O)N(Cc2cccc(C(F)(F)F)c2)C1c1ccncc1. The van der Waals surface area contributed by atoms with Gasteiger partial charge < -0.3 is 14.7 Å². The first-order chi connectivity index (χ1) is 16.6. The molecule has 1 amide bonds. The number of amides is 1. The number of hydrogen-bond acceptors (Lipinski definition) is 5. The highest BCUT2D eigenvalue weighted by atomic mass is 19.4. The van der Waals surface area contributed by atoms with Gasteiger partial charge in [-0.1, -0.05) is 12.1 Å². The van der Waals surface area contributed by atoms with Crippen LogP contribution in [-0.2, 0) is 22.3 Å². The Morgan fingerprint density at radius 3 is 2.46 bits per heavy atom. The van der Waals surface area contributed by atoms with Crippen molar-refractivity contribution in [1.29, 1.82) is 0 Å². The van der Waals surface area contributed by atoms with Gasteiger partial charge in [0.1, 0.15) is 17.3 Å². The quantitative estimate of drug-likeness (QED) is 0.241. The summed E-state index contributed by atoms with van der Waals surface area (Å²) in [5, 5.41) is 11.1. The number of methoxy groups -OCH3 is 1. The fraction of sp³-hybridized carbons (Fsp3) is 0.160. The van der Waals surface area contributed by atoms with Gasteiger partial charge in [-0.05, 0) is 53.6 Å². The van der Waals surface area contributed by atoms with Crippen LogP contribution in [0.4, 0.5) is 17.6 Å². The van der Waals surface area contributed by atoms with Gasteiger partial charge >= 0.3 is 6.18 Å². The Balaban J connectivity index is 1.87. The molecule has 1 atom stereocenters. The van der Waals surface area contributed by atoms with Crippen molar-refractivity contribution >= 4 is 17.4 Å². The summed E-state index contributed by atoms with van der Waals surface area (Å²) in [5.41, 5.74) is -0.899. The van der Waals surface area contributed by atoms with Crippen LogP contribution in [0.3, 0.4) is 0 Å². The van der Waals surface area contributed by atoms with Gasteiger partial charge in [-0.2, -0.15) is 13.2 Å². The maximum atomic E-state index is 14.0. The number of carbonyl (C=O) groups is 2. The first kappa shape index (κ1) is 23.9. The summed E-state index contributed by atoms with van der Waals surface area (Å²) in [6.07, 6.45) is -1.78. The van der Waals surface area contributed by atoms with Crippen molar-refractivity contribution < 1.29 is 37.0 Å². The Kier molecular flexibility index (Phi) is 6.29. The molecule has 35 heavy (non-hydrogen) atoms. The highest BCUT2D eigenvalue weighted by Crippen LogP contribution is 2.42. The summed E-state index contributed by atoms with van der Waals surface area (Å²) in [6.45, 7) is -0.349. The van der Waals surface area contributed by atoms with E-state index < -0.39 is 41.0 Å². The van der Waals surface area contributed by atoms with Gasteiger partial charge in [-0.3, -0.25) is 14.6 Å². The fourth-order valence-electron chi connectivity index (χ4n) is 3.99. The summed E-state index contributed by atoms with van der Waals surface area (Å²) in [5.74, 6) is -3.43. The van der Waals surface area contributed by atoms with Gasteiger partial charge in [0.05, 0.1) is 29.9 Å². The van der Waals surface area contributed by atoms with Crippen LogP contribution in [-0.4, -0.2) is 33.8 Å². The first-order valence-corrected chi connectivity index (χ1v) is 10.3.